The van der Waals surface area contributed by atoms with Crippen molar-refractivity contribution in [2.75, 3.05) is 20.3 Å². The third kappa shape index (κ3) is 3.41. The van der Waals surface area contributed by atoms with Gasteiger partial charge in [0, 0.05) is 7.11 Å². The molecule has 0 unspecified atom stereocenters. The first-order valence-electron chi connectivity index (χ1n) is 6.87. The van der Waals surface area contributed by atoms with Gasteiger partial charge in [-0.15, -0.1) is 0 Å². The van der Waals surface area contributed by atoms with E-state index in [2.05, 4.69) is 0 Å². The van der Waals surface area contributed by atoms with Crippen molar-refractivity contribution in [1.29, 1.82) is 0 Å². The second-order valence-electron chi connectivity index (χ2n) is 5.29. The van der Waals surface area contributed by atoms with Crippen molar-refractivity contribution in [3.63, 3.8) is 0 Å². The van der Waals surface area contributed by atoms with Gasteiger partial charge in [0.1, 0.15) is 42.7 Å². The monoisotopic (exact) mass is 326 g/mol. The number of methoxy groups -OCH3 is 1. The Balaban J connectivity index is 2.09. The lowest BCUT2D eigenvalue weighted by Gasteiger charge is -2.44. The highest BCUT2D eigenvalue weighted by atomic mass is 16.7. The topological polar surface area (TPSA) is 158 Å². The molecule has 10 nitrogen and oxygen atoms in total. The minimum Gasteiger partial charge on any atom is -0.394 e. The van der Waals surface area contributed by atoms with Gasteiger partial charge in [0.2, 0.25) is 0 Å². The molecular formula is C12H22O10. The molecule has 2 fully saturated rings. The summed E-state index contributed by atoms with van der Waals surface area (Å²) in [5, 5.41) is 58.0. The first kappa shape index (κ1) is 17.9. The number of rotatable bonds is 4. The highest BCUT2D eigenvalue weighted by Gasteiger charge is 2.48. The van der Waals surface area contributed by atoms with E-state index in [9.17, 15) is 25.5 Å². The Morgan fingerprint density at radius 2 is 1.64 bits per heavy atom. The van der Waals surface area contributed by atoms with E-state index < -0.39 is 61.9 Å². The lowest BCUT2D eigenvalue weighted by molar-refractivity contribution is -0.354. The van der Waals surface area contributed by atoms with Crippen molar-refractivity contribution in [3.8, 4) is 0 Å². The highest BCUT2D eigenvalue weighted by Crippen LogP contribution is 2.27. The molecule has 2 rings (SSSR count). The van der Waals surface area contributed by atoms with Crippen LogP contribution in [0.25, 0.3) is 0 Å². The van der Waals surface area contributed by atoms with Gasteiger partial charge in [0.15, 0.2) is 12.6 Å². The summed E-state index contributed by atoms with van der Waals surface area (Å²) in [4.78, 5) is 0. The summed E-state index contributed by atoms with van der Waals surface area (Å²) in [7, 11) is 1.30. The molecule has 2 saturated heterocycles. The summed E-state index contributed by atoms with van der Waals surface area (Å²) < 4.78 is 20.7. The third-order valence-corrected chi connectivity index (χ3v) is 3.80. The molecule has 0 bridgehead atoms. The average Bonchev–Trinajstić information content (AvgIpc) is 2.52. The molecule has 0 spiro atoms. The molecule has 2 heterocycles. The standard InChI is InChI=1S/C12H22O10/c1-19-12-10(6(15)4(14)3-20-12)22-11-9(18)8(17)7(16)5(2-13)21-11/h4-18H,2-3H2,1H3/t4-,5-,6+,7+,8+,9-,10-,11+,12-/m1/s1. The molecule has 9 atom stereocenters. The Morgan fingerprint density at radius 1 is 0.955 bits per heavy atom. The number of hydrogen-bond donors (Lipinski definition) is 6. The maximum absolute atomic E-state index is 9.96. The van der Waals surface area contributed by atoms with E-state index in [1.165, 1.54) is 7.11 Å². The van der Waals surface area contributed by atoms with E-state index in [0.29, 0.717) is 0 Å². The number of hydrogen-bond acceptors (Lipinski definition) is 10. The van der Waals surface area contributed by atoms with E-state index in [1.54, 1.807) is 0 Å². The summed E-state index contributed by atoms with van der Waals surface area (Å²) in [6.45, 7) is -0.765. The van der Waals surface area contributed by atoms with Gasteiger partial charge in [-0.2, -0.15) is 0 Å². The average molecular weight is 326 g/mol. The van der Waals surface area contributed by atoms with Gasteiger partial charge < -0.3 is 49.6 Å². The molecule has 10 heteroatoms. The van der Waals surface area contributed by atoms with E-state index in [1.807, 2.05) is 0 Å². The first-order valence-corrected chi connectivity index (χ1v) is 6.87. The van der Waals surface area contributed by atoms with Crippen LogP contribution in [0.3, 0.4) is 0 Å². The quantitative estimate of drug-likeness (QED) is 0.300. The molecule has 2 aliphatic heterocycles. The third-order valence-electron chi connectivity index (χ3n) is 3.80. The molecule has 0 radical (unpaired) electrons. The fourth-order valence-corrected chi connectivity index (χ4v) is 2.45. The molecule has 130 valence electrons. The molecule has 0 aromatic carbocycles. The van der Waals surface area contributed by atoms with Gasteiger partial charge in [0.25, 0.3) is 0 Å². The van der Waals surface area contributed by atoms with Crippen molar-refractivity contribution in [2.24, 2.45) is 0 Å². The molecule has 0 aromatic rings. The summed E-state index contributed by atoms with van der Waals surface area (Å²) in [6.07, 6.45) is -12.2. The van der Waals surface area contributed by atoms with Gasteiger partial charge in [-0.25, -0.2) is 0 Å². The molecule has 6 N–H and O–H groups in total. The van der Waals surface area contributed by atoms with Gasteiger partial charge in [-0.3, -0.25) is 0 Å². The Bertz CT molecular complexity index is 351. The van der Waals surface area contributed by atoms with Crippen LogP contribution in [0.15, 0.2) is 0 Å². The molecule has 2 aliphatic rings. The fraction of sp³-hybridized carbons (Fsp3) is 1.00. The lowest BCUT2D eigenvalue weighted by Crippen LogP contribution is -2.62. The van der Waals surface area contributed by atoms with Crippen LogP contribution in [0.4, 0.5) is 0 Å². The fourth-order valence-electron chi connectivity index (χ4n) is 2.45. The van der Waals surface area contributed by atoms with Crippen LogP contribution in [-0.4, -0.2) is 106 Å². The van der Waals surface area contributed by atoms with E-state index >= 15 is 0 Å². The van der Waals surface area contributed by atoms with Crippen molar-refractivity contribution >= 4 is 0 Å². The molecule has 0 saturated carbocycles. The van der Waals surface area contributed by atoms with Crippen molar-refractivity contribution in [1.82, 2.24) is 0 Å². The van der Waals surface area contributed by atoms with E-state index in [-0.39, 0.29) is 6.61 Å². The summed E-state index contributed by atoms with van der Waals surface area (Å²) >= 11 is 0. The van der Waals surface area contributed by atoms with Crippen LogP contribution in [0.5, 0.6) is 0 Å². The van der Waals surface area contributed by atoms with Crippen LogP contribution in [0.2, 0.25) is 0 Å². The van der Waals surface area contributed by atoms with Gasteiger partial charge in [0.05, 0.1) is 13.2 Å². The van der Waals surface area contributed by atoms with Crippen molar-refractivity contribution < 1.29 is 49.6 Å². The second-order valence-corrected chi connectivity index (χ2v) is 5.29. The van der Waals surface area contributed by atoms with Crippen molar-refractivity contribution in [3.05, 3.63) is 0 Å². The van der Waals surface area contributed by atoms with Gasteiger partial charge in [-0.1, -0.05) is 0 Å². The van der Waals surface area contributed by atoms with Crippen LogP contribution in [0.1, 0.15) is 0 Å². The van der Waals surface area contributed by atoms with Crippen LogP contribution in [0, 0.1) is 0 Å². The molecule has 0 aliphatic carbocycles. The first-order chi connectivity index (χ1) is 10.4. The second kappa shape index (κ2) is 7.45. The number of aliphatic hydroxyl groups is 6. The minimum atomic E-state index is -1.62. The zero-order valence-corrected chi connectivity index (χ0v) is 11.9. The zero-order chi connectivity index (χ0) is 16.4. The van der Waals surface area contributed by atoms with Gasteiger partial charge in [-0.05, 0) is 0 Å². The maximum Gasteiger partial charge on any atom is 0.187 e. The molecule has 22 heavy (non-hydrogen) atoms. The largest absolute Gasteiger partial charge is 0.394 e. The predicted octanol–water partition coefficient (Wildman–Crippen LogP) is -4.10. The molecule has 0 aromatic heterocycles. The molecular weight excluding hydrogens is 304 g/mol. The van der Waals surface area contributed by atoms with E-state index in [0.717, 1.165) is 0 Å². The minimum absolute atomic E-state index is 0.159. The summed E-state index contributed by atoms with van der Waals surface area (Å²) in [5.41, 5.74) is 0. The lowest BCUT2D eigenvalue weighted by atomic mass is 9.99. The smallest absolute Gasteiger partial charge is 0.187 e. The van der Waals surface area contributed by atoms with Crippen LogP contribution in [-0.2, 0) is 18.9 Å². The van der Waals surface area contributed by atoms with Crippen LogP contribution < -0.4 is 0 Å². The summed E-state index contributed by atoms with van der Waals surface area (Å²) in [5.74, 6) is 0. The van der Waals surface area contributed by atoms with Gasteiger partial charge >= 0.3 is 0 Å². The van der Waals surface area contributed by atoms with E-state index in [4.69, 9.17) is 24.1 Å². The van der Waals surface area contributed by atoms with Crippen LogP contribution >= 0.6 is 0 Å². The highest BCUT2D eigenvalue weighted by molar-refractivity contribution is 4.91. The predicted molar refractivity (Wildman–Crippen MR) is 67.4 cm³/mol. The number of ether oxygens (including phenoxy) is 4. The SMILES string of the molecule is CO[C@@H]1OC[C@@H](O)[C@H](O)[C@H]1O[C@@H]1O[C@H](CO)[C@H](O)[C@H](O)[C@H]1O. The maximum atomic E-state index is 9.96. The normalized spacial score (nSPS) is 50.0. The Hall–Kier alpha value is -0.400. The number of aliphatic hydroxyl groups excluding tert-OH is 6. The Morgan fingerprint density at radius 3 is 2.23 bits per heavy atom. The zero-order valence-electron chi connectivity index (χ0n) is 11.9. The van der Waals surface area contributed by atoms with Crippen molar-refractivity contribution in [2.45, 2.75) is 55.3 Å². The Kier molecular flexibility index (Phi) is 6.07. The molecule has 0 amide bonds. The summed E-state index contributed by atoms with van der Waals surface area (Å²) in [6, 6.07) is 0. The Labute approximate surface area is 126 Å².